The molecule has 0 N–H and O–H groups in total. The van der Waals surface area contributed by atoms with E-state index in [2.05, 4.69) is 0 Å². The zero-order valence-electron chi connectivity index (χ0n) is 12.6. The van der Waals surface area contributed by atoms with Crippen molar-refractivity contribution < 1.29 is 14.3 Å². The van der Waals surface area contributed by atoms with Gasteiger partial charge in [0.15, 0.2) is 0 Å². The molecule has 0 spiro atoms. The third kappa shape index (κ3) is 4.78. The molecule has 0 saturated carbocycles. The molecule has 0 fully saturated rings. The summed E-state index contributed by atoms with van der Waals surface area (Å²) >= 11 is 0. The Morgan fingerprint density at radius 2 is 1.41 bits per heavy atom. The van der Waals surface area contributed by atoms with Gasteiger partial charge < -0.3 is 4.74 Å². The van der Waals surface area contributed by atoms with Gasteiger partial charge in [0, 0.05) is 6.16 Å². The van der Waals surface area contributed by atoms with Crippen molar-refractivity contribution in [2.45, 2.75) is 13.3 Å². The number of rotatable bonds is 7. The Labute approximate surface area is 132 Å². The maximum absolute atomic E-state index is 12.2. The van der Waals surface area contributed by atoms with E-state index in [-0.39, 0.29) is 12.2 Å². The second kappa shape index (κ2) is 8.45. The minimum atomic E-state index is -0.787. The molecule has 0 aromatic heterocycles. The predicted octanol–water partition coefficient (Wildman–Crippen LogP) is 2.64. The van der Waals surface area contributed by atoms with E-state index in [1.807, 2.05) is 60.7 Å². The first-order chi connectivity index (χ1) is 10.7. The number of carbonyl (C=O) groups excluding carboxylic acids is 2. The van der Waals surface area contributed by atoms with Crippen LogP contribution in [0, 0.1) is 0 Å². The van der Waals surface area contributed by atoms with Gasteiger partial charge in [-0.1, -0.05) is 60.7 Å². The lowest BCUT2D eigenvalue weighted by Gasteiger charge is -2.17. The van der Waals surface area contributed by atoms with E-state index in [1.165, 1.54) is 0 Å². The monoisotopic (exact) mass is 314 g/mol. The van der Waals surface area contributed by atoms with Gasteiger partial charge in [0.05, 0.1) is 6.61 Å². The Kier molecular flexibility index (Phi) is 6.29. The van der Waals surface area contributed by atoms with Gasteiger partial charge in [0.25, 0.3) is 0 Å². The first-order valence-electron chi connectivity index (χ1n) is 7.25. The lowest BCUT2D eigenvalue weighted by Crippen LogP contribution is -2.20. The molecule has 3 nitrogen and oxygen atoms in total. The van der Waals surface area contributed by atoms with E-state index in [9.17, 15) is 9.59 Å². The summed E-state index contributed by atoms with van der Waals surface area (Å²) in [5, 5.41) is 2.28. The van der Waals surface area contributed by atoms with E-state index in [1.54, 1.807) is 6.92 Å². The highest BCUT2D eigenvalue weighted by atomic mass is 31.1. The van der Waals surface area contributed by atoms with Crippen molar-refractivity contribution in [2.75, 3.05) is 12.8 Å². The molecular weight excluding hydrogens is 295 g/mol. The highest BCUT2D eigenvalue weighted by molar-refractivity contribution is 7.73. The number of hydrogen-bond donors (Lipinski definition) is 0. The summed E-state index contributed by atoms with van der Waals surface area (Å²) < 4.78 is 4.85. The van der Waals surface area contributed by atoms with Gasteiger partial charge in [-0.15, -0.1) is 0 Å². The fraction of sp³-hybridized carbons (Fsp3) is 0.222. The van der Waals surface area contributed by atoms with E-state index in [0.717, 1.165) is 10.6 Å². The second-order valence-corrected chi connectivity index (χ2v) is 6.98. The van der Waals surface area contributed by atoms with Gasteiger partial charge in [-0.25, -0.2) is 0 Å². The molecule has 0 amide bonds. The molecule has 2 aromatic rings. The first kappa shape index (κ1) is 16.4. The van der Waals surface area contributed by atoms with Crippen molar-refractivity contribution >= 4 is 30.3 Å². The molecule has 4 heteroatoms. The molecule has 0 atom stereocenters. The van der Waals surface area contributed by atoms with E-state index in [0.29, 0.717) is 12.8 Å². The Balaban J connectivity index is 2.16. The third-order valence-corrected chi connectivity index (χ3v) is 5.63. The molecule has 2 rings (SSSR count). The molecule has 0 bridgehead atoms. The number of carbonyl (C=O) groups is 2. The van der Waals surface area contributed by atoms with Crippen LogP contribution in [0.4, 0.5) is 0 Å². The van der Waals surface area contributed by atoms with Gasteiger partial charge in [0.2, 0.25) is 0 Å². The molecule has 114 valence electrons. The molecule has 0 aliphatic heterocycles. The molecule has 2 aromatic carbocycles. The molecule has 0 unspecified atom stereocenters. The largest absolute Gasteiger partial charge is 0.466 e. The van der Waals surface area contributed by atoms with Crippen molar-refractivity contribution in [3.63, 3.8) is 0 Å². The van der Waals surface area contributed by atoms with Crippen LogP contribution >= 0.6 is 7.92 Å². The van der Waals surface area contributed by atoms with Crippen molar-refractivity contribution in [3.05, 3.63) is 60.7 Å². The lowest BCUT2D eigenvalue weighted by atomic mass is 10.3. The number of ether oxygens (including phenoxy) is 1. The standard InChI is InChI=1S/C18H19O3P/c1-2-21-18(20)13-15(19)14-22(16-9-5-3-6-10-16)17-11-7-4-8-12-17/h3-12H,2,13-14H2,1H3. The highest BCUT2D eigenvalue weighted by Crippen LogP contribution is 2.33. The van der Waals surface area contributed by atoms with Crippen LogP contribution in [0.2, 0.25) is 0 Å². The van der Waals surface area contributed by atoms with Gasteiger partial charge in [-0.3, -0.25) is 9.59 Å². The summed E-state index contributed by atoms with van der Waals surface area (Å²) in [5.41, 5.74) is 0. The maximum Gasteiger partial charge on any atom is 0.313 e. The van der Waals surface area contributed by atoms with Crippen LogP contribution < -0.4 is 10.6 Å². The number of ketones is 1. The Hall–Kier alpha value is -1.99. The summed E-state index contributed by atoms with van der Waals surface area (Å²) in [6.07, 6.45) is 0.217. The van der Waals surface area contributed by atoms with Crippen LogP contribution in [-0.4, -0.2) is 24.5 Å². The first-order valence-corrected chi connectivity index (χ1v) is 8.78. The van der Waals surface area contributed by atoms with Crippen LogP contribution in [-0.2, 0) is 14.3 Å². The maximum atomic E-state index is 12.2. The van der Waals surface area contributed by atoms with Gasteiger partial charge >= 0.3 is 5.97 Å². The van der Waals surface area contributed by atoms with Gasteiger partial charge in [-0.2, -0.15) is 0 Å². The Bertz CT molecular complexity index is 571. The minimum absolute atomic E-state index is 0.0720. The average Bonchev–Trinajstić information content (AvgIpc) is 2.54. The molecule has 0 radical (unpaired) electrons. The van der Waals surface area contributed by atoms with Crippen LogP contribution in [0.15, 0.2) is 60.7 Å². The minimum Gasteiger partial charge on any atom is -0.466 e. The summed E-state index contributed by atoms with van der Waals surface area (Å²) in [5.74, 6) is -0.513. The van der Waals surface area contributed by atoms with Crippen LogP contribution in [0.3, 0.4) is 0 Å². The summed E-state index contributed by atoms with van der Waals surface area (Å²) in [6.45, 7) is 2.04. The molecule has 0 aliphatic carbocycles. The third-order valence-electron chi connectivity index (χ3n) is 3.12. The fourth-order valence-corrected chi connectivity index (χ4v) is 4.34. The van der Waals surface area contributed by atoms with Crippen molar-refractivity contribution in [1.82, 2.24) is 0 Å². The second-order valence-electron chi connectivity index (χ2n) is 4.78. The van der Waals surface area contributed by atoms with Crippen LogP contribution in [0.25, 0.3) is 0 Å². The molecule has 0 saturated heterocycles. The number of hydrogen-bond acceptors (Lipinski definition) is 3. The number of benzene rings is 2. The van der Waals surface area contributed by atoms with Crippen LogP contribution in [0.5, 0.6) is 0 Å². The number of Topliss-reactive ketones (excluding diaryl/α,β-unsaturated/α-hetero) is 1. The summed E-state index contributed by atoms with van der Waals surface area (Å²) in [4.78, 5) is 23.7. The molecular formula is C18H19O3P. The Morgan fingerprint density at radius 1 is 0.909 bits per heavy atom. The van der Waals surface area contributed by atoms with Crippen LogP contribution in [0.1, 0.15) is 13.3 Å². The van der Waals surface area contributed by atoms with Crippen molar-refractivity contribution in [1.29, 1.82) is 0 Å². The van der Waals surface area contributed by atoms with E-state index in [4.69, 9.17) is 4.74 Å². The van der Waals surface area contributed by atoms with Gasteiger partial charge in [0.1, 0.15) is 12.2 Å². The number of esters is 1. The smallest absolute Gasteiger partial charge is 0.313 e. The lowest BCUT2D eigenvalue weighted by molar-refractivity contribution is -0.145. The van der Waals surface area contributed by atoms with E-state index >= 15 is 0 Å². The molecule has 0 heterocycles. The highest BCUT2D eigenvalue weighted by Gasteiger charge is 2.19. The SMILES string of the molecule is CCOC(=O)CC(=O)CP(c1ccccc1)c1ccccc1. The predicted molar refractivity (Wildman–Crippen MR) is 90.2 cm³/mol. The van der Waals surface area contributed by atoms with E-state index < -0.39 is 13.9 Å². The quantitative estimate of drug-likeness (QED) is 0.448. The van der Waals surface area contributed by atoms with Crippen molar-refractivity contribution in [3.8, 4) is 0 Å². The average molecular weight is 314 g/mol. The van der Waals surface area contributed by atoms with Gasteiger partial charge in [-0.05, 0) is 25.5 Å². The van der Waals surface area contributed by atoms with Crippen molar-refractivity contribution in [2.24, 2.45) is 0 Å². The normalized spacial score (nSPS) is 10.5. The fourth-order valence-electron chi connectivity index (χ4n) is 2.15. The zero-order valence-corrected chi connectivity index (χ0v) is 13.5. The zero-order chi connectivity index (χ0) is 15.8. The summed E-state index contributed by atoms with van der Waals surface area (Å²) in [7, 11) is -0.787. The topological polar surface area (TPSA) is 43.4 Å². The molecule has 22 heavy (non-hydrogen) atoms. The Morgan fingerprint density at radius 3 is 1.86 bits per heavy atom. The summed E-state index contributed by atoms with van der Waals surface area (Å²) in [6, 6.07) is 20.0. The molecule has 0 aliphatic rings.